The first-order valence-corrected chi connectivity index (χ1v) is 7.58. The molecule has 0 saturated carbocycles. The fourth-order valence-corrected chi connectivity index (χ4v) is 2.23. The van der Waals surface area contributed by atoms with E-state index >= 15 is 0 Å². The number of nitrogens with two attached hydrogens (primary N) is 1. The maximum atomic E-state index is 11.6. The van der Waals surface area contributed by atoms with Gasteiger partial charge in [-0.3, -0.25) is 4.79 Å². The molecule has 0 amide bonds. The van der Waals surface area contributed by atoms with Crippen LogP contribution in [0.15, 0.2) is 29.1 Å². The van der Waals surface area contributed by atoms with Crippen LogP contribution in [0.3, 0.4) is 0 Å². The van der Waals surface area contributed by atoms with Crippen molar-refractivity contribution in [3.05, 3.63) is 57.3 Å². The Hall–Kier alpha value is -2.14. The third-order valence-corrected chi connectivity index (χ3v) is 3.63. The predicted molar refractivity (Wildman–Crippen MR) is 87.3 cm³/mol. The molecule has 1 aromatic heterocycles. The van der Waals surface area contributed by atoms with Crippen molar-refractivity contribution in [2.24, 2.45) is 5.73 Å². The Morgan fingerprint density at radius 3 is 2.86 bits per heavy atom. The summed E-state index contributed by atoms with van der Waals surface area (Å²) in [4.78, 5) is 18.8. The van der Waals surface area contributed by atoms with Gasteiger partial charge in [0.15, 0.2) is 0 Å². The molecule has 2 aromatic rings. The second kappa shape index (κ2) is 7.75. The summed E-state index contributed by atoms with van der Waals surface area (Å²) in [6.07, 6.45) is 2.12. The second-order valence-corrected chi connectivity index (χ2v) is 5.37. The molecule has 1 aromatic carbocycles. The maximum Gasteiger partial charge on any atom is 0.251 e. The van der Waals surface area contributed by atoms with Crippen molar-refractivity contribution in [1.82, 2.24) is 9.97 Å². The van der Waals surface area contributed by atoms with Gasteiger partial charge in [0.1, 0.15) is 11.6 Å². The topological polar surface area (TPSA) is 81.0 Å². The van der Waals surface area contributed by atoms with Crippen LogP contribution >= 0.6 is 0 Å². The molecule has 118 valence electrons. The minimum atomic E-state index is -0.122. The van der Waals surface area contributed by atoms with Crippen LogP contribution in [0.1, 0.15) is 29.1 Å². The highest BCUT2D eigenvalue weighted by Crippen LogP contribution is 2.20. The van der Waals surface area contributed by atoms with Crippen LogP contribution in [-0.4, -0.2) is 23.1 Å². The monoisotopic (exact) mass is 301 g/mol. The number of benzene rings is 1. The highest BCUT2D eigenvalue weighted by Gasteiger charge is 2.04. The van der Waals surface area contributed by atoms with E-state index in [1.165, 1.54) is 11.6 Å². The largest absolute Gasteiger partial charge is 0.493 e. The quantitative estimate of drug-likeness (QED) is 0.818. The lowest BCUT2D eigenvalue weighted by atomic mass is 10.1. The highest BCUT2D eigenvalue weighted by molar-refractivity contribution is 5.38. The molecule has 0 atom stereocenters. The summed E-state index contributed by atoms with van der Waals surface area (Å²) in [6, 6.07) is 7.52. The Balaban J connectivity index is 1.98. The van der Waals surface area contributed by atoms with E-state index in [1.807, 2.05) is 19.1 Å². The summed E-state index contributed by atoms with van der Waals surface area (Å²) >= 11 is 0. The second-order valence-electron chi connectivity index (χ2n) is 5.37. The van der Waals surface area contributed by atoms with E-state index in [0.717, 1.165) is 29.8 Å². The lowest BCUT2D eigenvalue weighted by Gasteiger charge is -2.10. The number of nitrogens with zero attached hydrogens (tertiary/aromatic N) is 1. The number of H-pyrrole nitrogens is 1. The van der Waals surface area contributed by atoms with Crippen LogP contribution in [-0.2, 0) is 12.8 Å². The van der Waals surface area contributed by atoms with Crippen LogP contribution < -0.4 is 16.0 Å². The normalized spacial score (nSPS) is 10.7. The van der Waals surface area contributed by atoms with E-state index in [9.17, 15) is 4.79 Å². The SMILES string of the molecule is Cc1cccc(OCCc2nc(CCCN)cc(=O)[nH]2)c1C. The van der Waals surface area contributed by atoms with Gasteiger partial charge in [-0.1, -0.05) is 12.1 Å². The Morgan fingerprint density at radius 1 is 1.27 bits per heavy atom. The Labute approximate surface area is 130 Å². The molecule has 0 unspecified atom stereocenters. The van der Waals surface area contributed by atoms with E-state index < -0.39 is 0 Å². The molecule has 0 radical (unpaired) electrons. The number of nitrogens with one attached hydrogen (secondary N) is 1. The minimum Gasteiger partial charge on any atom is -0.493 e. The molecule has 0 spiro atoms. The Morgan fingerprint density at radius 2 is 2.09 bits per heavy atom. The predicted octanol–water partition coefficient (Wildman–Crippen LogP) is 1.90. The Kier molecular flexibility index (Phi) is 5.72. The highest BCUT2D eigenvalue weighted by atomic mass is 16.5. The molecule has 3 N–H and O–H groups in total. The first-order valence-electron chi connectivity index (χ1n) is 7.58. The minimum absolute atomic E-state index is 0.122. The van der Waals surface area contributed by atoms with E-state index in [4.69, 9.17) is 10.5 Å². The number of aromatic amines is 1. The third-order valence-electron chi connectivity index (χ3n) is 3.63. The average molecular weight is 301 g/mol. The van der Waals surface area contributed by atoms with Crippen molar-refractivity contribution < 1.29 is 4.74 Å². The van der Waals surface area contributed by atoms with Gasteiger partial charge in [-0.15, -0.1) is 0 Å². The third kappa shape index (κ3) is 4.43. The van der Waals surface area contributed by atoms with Crippen molar-refractivity contribution in [2.45, 2.75) is 33.1 Å². The smallest absolute Gasteiger partial charge is 0.251 e. The van der Waals surface area contributed by atoms with Crippen LogP contribution in [0, 0.1) is 13.8 Å². The maximum absolute atomic E-state index is 11.6. The molecule has 2 rings (SSSR count). The molecular weight excluding hydrogens is 278 g/mol. The molecule has 1 heterocycles. The molecule has 0 bridgehead atoms. The van der Waals surface area contributed by atoms with Crippen molar-refractivity contribution in [3.8, 4) is 5.75 Å². The molecule has 5 heteroatoms. The van der Waals surface area contributed by atoms with Crippen molar-refractivity contribution in [1.29, 1.82) is 0 Å². The summed E-state index contributed by atoms with van der Waals surface area (Å²) in [5.74, 6) is 1.53. The zero-order valence-electron chi connectivity index (χ0n) is 13.2. The first-order chi connectivity index (χ1) is 10.6. The zero-order chi connectivity index (χ0) is 15.9. The average Bonchev–Trinajstić information content (AvgIpc) is 2.49. The summed E-state index contributed by atoms with van der Waals surface area (Å²) in [5, 5.41) is 0. The van der Waals surface area contributed by atoms with Gasteiger partial charge in [0.05, 0.1) is 6.61 Å². The lowest BCUT2D eigenvalue weighted by molar-refractivity contribution is 0.316. The van der Waals surface area contributed by atoms with Gasteiger partial charge in [0.2, 0.25) is 0 Å². The van der Waals surface area contributed by atoms with E-state index in [2.05, 4.69) is 23.0 Å². The van der Waals surface area contributed by atoms with Crippen LogP contribution in [0.5, 0.6) is 5.75 Å². The number of rotatable bonds is 7. The van der Waals surface area contributed by atoms with Crippen molar-refractivity contribution in [2.75, 3.05) is 13.2 Å². The van der Waals surface area contributed by atoms with Crippen LogP contribution in [0.2, 0.25) is 0 Å². The van der Waals surface area contributed by atoms with Gasteiger partial charge < -0.3 is 15.5 Å². The van der Waals surface area contributed by atoms with E-state index in [0.29, 0.717) is 25.4 Å². The lowest BCUT2D eigenvalue weighted by Crippen LogP contribution is -2.16. The van der Waals surface area contributed by atoms with Crippen LogP contribution in [0.4, 0.5) is 0 Å². The van der Waals surface area contributed by atoms with Gasteiger partial charge in [-0.2, -0.15) is 0 Å². The molecule has 0 aliphatic heterocycles. The number of aromatic nitrogens is 2. The number of ether oxygens (including phenoxy) is 1. The van der Waals surface area contributed by atoms with Crippen LogP contribution in [0.25, 0.3) is 0 Å². The molecule has 0 aliphatic rings. The standard InChI is InChI=1S/C17H23N3O2/c1-12-5-3-7-15(13(12)2)22-10-8-16-19-14(6-4-9-18)11-17(21)20-16/h3,5,7,11H,4,6,8-10,18H2,1-2H3,(H,19,20,21). The van der Waals surface area contributed by atoms with Crippen molar-refractivity contribution >= 4 is 0 Å². The number of hydrogen-bond acceptors (Lipinski definition) is 4. The molecule has 0 fully saturated rings. The molecule has 22 heavy (non-hydrogen) atoms. The number of hydrogen-bond donors (Lipinski definition) is 2. The van der Waals surface area contributed by atoms with Crippen molar-refractivity contribution in [3.63, 3.8) is 0 Å². The van der Waals surface area contributed by atoms with Gasteiger partial charge >= 0.3 is 0 Å². The molecule has 0 aliphatic carbocycles. The summed E-state index contributed by atoms with van der Waals surface area (Å²) in [5.41, 5.74) is 8.50. The molecule has 0 saturated heterocycles. The summed E-state index contributed by atoms with van der Waals surface area (Å²) in [7, 11) is 0. The molecular formula is C17H23N3O2. The summed E-state index contributed by atoms with van der Waals surface area (Å²) in [6.45, 7) is 5.17. The summed E-state index contributed by atoms with van der Waals surface area (Å²) < 4.78 is 5.80. The number of aryl methyl sites for hydroxylation is 2. The van der Waals surface area contributed by atoms with Gasteiger partial charge in [0, 0.05) is 18.2 Å². The molecule has 5 nitrogen and oxygen atoms in total. The zero-order valence-corrected chi connectivity index (χ0v) is 13.2. The van der Waals surface area contributed by atoms with E-state index in [1.54, 1.807) is 0 Å². The van der Waals surface area contributed by atoms with Gasteiger partial charge in [0.25, 0.3) is 5.56 Å². The fraction of sp³-hybridized carbons (Fsp3) is 0.412. The fourth-order valence-electron chi connectivity index (χ4n) is 2.23. The van der Waals surface area contributed by atoms with Gasteiger partial charge in [-0.05, 0) is 50.4 Å². The Bertz CT molecular complexity index is 680. The van der Waals surface area contributed by atoms with Gasteiger partial charge in [-0.25, -0.2) is 4.98 Å². The van der Waals surface area contributed by atoms with E-state index in [-0.39, 0.29) is 5.56 Å². The first kappa shape index (κ1) is 16.2.